The number of benzene rings is 1. The molecule has 1 fully saturated rings. The lowest BCUT2D eigenvalue weighted by Gasteiger charge is -2.44. The van der Waals surface area contributed by atoms with Gasteiger partial charge in [0.2, 0.25) is 0 Å². The highest BCUT2D eigenvalue weighted by Gasteiger charge is 2.48. The first-order valence-electron chi connectivity index (χ1n) is 10.2. The SMILES string of the molecule is CC(C)(C)S(=O)N[C@@H]1c2ccccc2CC12CCN(c1cnc(C=O)c(Cl)n1)CC2. The normalized spacial score (nSPS) is 21.5. The third kappa shape index (κ3) is 3.90. The molecule has 0 amide bonds. The Bertz CT molecular complexity index is 983. The van der Waals surface area contributed by atoms with Gasteiger partial charge >= 0.3 is 0 Å². The molecule has 1 saturated heterocycles. The summed E-state index contributed by atoms with van der Waals surface area (Å²) in [6.07, 6.45) is 5.09. The zero-order chi connectivity index (χ0) is 21.5. The van der Waals surface area contributed by atoms with E-state index in [2.05, 4.69) is 43.9 Å². The van der Waals surface area contributed by atoms with Crippen LogP contribution >= 0.6 is 11.6 Å². The Morgan fingerprint density at radius 2 is 1.97 bits per heavy atom. The first-order chi connectivity index (χ1) is 14.2. The lowest BCUT2D eigenvalue weighted by atomic mass is 9.73. The number of carbonyl (C=O) groups excluding carboxylic acids is 1. The number of halogens is 1. The predicted molar refractivity (Wildman–Crippen MR) is 120 cm³/mol. The van der Waals surface area contributed by atoms with Crippen LogP contribution in [0, 0.1) is 5.41 Å². The third-order valence-electron chi connectivity index (χ3n) is 6.24. The molecule has 1 aliphatic heterocycles. The number of rotatable bonds is 4. The van der Waals surface area contributed by atoms with Gasteiger partial charge in [-0.3, -0.25) is 4.79 Å². The van der Waals surface area contributed by atoms with Gasteiger partial charge in [0, 0.05) is 13.1 Å². The highest BCUT2D eigenvalue weighted by Crippen LogP contribution is 2.52. The summed E-state index contributed by atoms with van der Waals surface area (Å²) in [6.45, 7) is 7.60. The van der Waals surface area contributed by atoms with E-state index in [1.807, 2.05) is 20.8 Å². The average molecular weight is 447 g/mol. The number of anilines is 1. The zero-order valence-corrected chi connectivity index (χ0v) is 19.1. The molecule has 160 valence electrons. The molecule has 2 heterocycles. The predicted octanol–water partition coefficient (Wildman–Crippen LogP) is 3.88. The van der Waals surface area contributed by atoms with Crippen LogP contribution in [0.3, 0.4) is 0 Å². The molecule has 1 N–H and O–H groups in total. The largest absolute Gasteiger partial charge is 0.355 e. The van der Waals surface area contributed by atoms with Gasteiger partial charge in [0.1, 0.15) is 11.5 Å². The van der Waals surface area contributed by atoms with Gasteiger partial charge < -0.3 is 4.90 Å². The Kier molecular flexibility index (Phi) is 5.72. The molecule has 2 atom stereocenters. The van der Waals surface area contributed by atoms with Crippen LogP contribution in [0.5, 0.6) is 0 Å². The molecule has 8 heteroatoms. The Balaban J connectivity index is 1.57. The molecule has 1 spiro atoms. The summed E-state index contributed by atoms with van der Waals surface area (Å²) in [6, 6.07) is 8.56. The molecule has 0 radical (unpaired) electrons. The van der Waals surface area contributed by atoms with Gasteiger partial charge in [-0.05, 0) is 56.6 Å². The summed E-state index contributed by atoms with van der Waals surface area (Å²) in [5.41, 5.74) is 2.78. The van der Waals surface area contributed by atoms with Crippen molar-refractivity contribution in [1.82, 2.24) is 14.7 Å². The molecule has 30 heavy (non-hydrogen) atoms. The average Bonchev–Trinajstić information content (AvgIpc) is 3.00. The fourth-order valence-electron chi connectivity index (χ4n) is 4.51. The molecule has 1 unspecified atom stereocenters. The number of hydrogen-bond donors (Lipinski definition) is 1. The van der Waals surface area contributed by atoms with E-state index in [1.165, 1.54) is 11.1 Å². The first kappa shape index (κ1) is 21.4. The van der Waals surface area contributed by atoms with Gasteiger partial charge in [-0.2, -0.15) is 0 Å². The van der Waals surface area contributed by atoms with Gasteiger partial charge in [0.25, 0.3) is 0 Å². The van der Waals surface area contributed by atoms with Crippen LogP contribution in [0.25, 0.3) is 0 Å². The quantitative estimate of drug-likeness (QED) is 0.721. The van der Waals surface area contributed by atoms with Crippen molar-refractivity contribution in [2.24, 2.45) is 5.41 Å². The smallest absolute Gasteiger partial charge is 0.171 e. The van der Waals surface area contributed by atoms with E-state index in [1.54, 1.807) is 6.20 Å². The number of hydrogen-bond acceptors (Lipinski definition) is 5. The summed E-state index contributed by atoms with van der Waals surface area (Å²) in [5, 5.41) is 0.135. The number of piperidine rings is 1. The van der Waals surface area contributed by atoms with Crippen molar-refractivity contribution < 1.29 is 9.00 Å². The van der Waals surface area contributed by atoms with Crippen molar-refractivity contribution in [2.75, 3.05) is 18.0 Å². The van der Waals surface area contributed by atoms with Gasteiger partial charge in [-0.15, -0.1) is 0 Å². The van der Waals surface area contributed by atoms with E-state index in [0.29, 0.717) is 12.1 Å². The molecular formula is C22H27ClN4O2S. The Morgan fingerprint density at radius 3 is 2.60 bits per heavy atom. The highest BCUT2D eigenvalue weighted by molar-refractivity contribution is 7.84. The number of aldehydes is 1. The first-order valence-corrected chi connectivity index (χ1v) is 11.7. The van der Waals surface area contributed by atoms with Crippen molar-refractivity contribution in [1.29, 1.82) is 0 Å². The van der Waals surface area contributed by atoms with Crippen molar-refractivity contribution in [3.63, 3.8) is 0 Å². The molecule has 4 rings (SSSR count). The van der Waals surface area contributed by atoms with E-state index < -0.39 is 11.0 Å². The Morgan fingerprint density at radius 1 is 1.27 bits per heavy atom. The maximum atomic E-state index is 13.0. The molecule has 2 aromatic rings. The van der Waals surface area contributed by atoms with E-state index >= 15 is 0 Å². The van der Waals surface area contributed by atoms with Crippen molar-refractivity contribution >= 4 is 34.7 Å². The fourth-order valence-corrected chi connectivity index (χ4v) is 5.63. The summed E-state index contributed by atoms with van der Waals surface area (Å²) in [4.78, 5) is 21.6. The van der Waals surface area contributed by atoms with Crippen LogP contribution < -0.4 is 9.62 Å². The van der Waals surface area contributed by atoms with Gasteiger partial charge in [0.15, 0.2) is 11.4 Å². The van der Waals surface area contributed by atoms with Crippen molar-refractivity contribution in [2.45, 2.75) is 50.8 Å². The molecule has 1 aromatic heterocycles. The molecule has 1 aromatic carbocycles. The number of nitrogens with zero attached hydrogens (tertiary/aromatic N) is 3. The number of carbonyl (C=O) groups is 1. The standard InChI is InChI=1S/C22H27ClN4O2S/c1-21(2,3)30(29)26-19-16-7-5-4-6-15(16)12-22(19)8-10-27(11-9-22)18-13-24-17(14-28)20(23)25-18/h4-7,13-14,19,26H,8-12H2,1-3H3/t19-,30?/m1/s1. The van der Waals surface area contributed by atoms with Crippen LogP contribution in [0.4, 0.5) is 5.82 Å². The summed E-state index contributed by atoms with van der Waals surface area (Å²) in [7, 11) is -1.15. The van der Waals surface area contributed by atoms with Gasteiger partial charge in [-0.1, -0.05) is 35.9 Å². The van der Waals surface area contributed by atoms with Crippen LogP contribution in [0.2, 0.25) is 5.15 Å². The minimum atomic E-state index is -1.15. The second kappa shape index (κ2) is 8.02. The van der Waals surface area contributed by atoms with E-state index in [0.717, 1.165) is 32.4 Å². The summed E-state index contributed by atoms with van der Waals surface area (Å²) >= 11 is 6.08. The van der Waals surface area contributed by atoms with Crippen LogP contribution in [-0.4, -0.2) is 38.3 Å². The third-order valence-corrected chi connectivity index (χ3v) is 8.08. The Hall–Kier alpha value is -1.83. The van der Waals surface area contributed by atoms with Gasteiger partial charge in [-0.25, -0.2) is 18.9 Å². The second-order valence-electron chi connectivity index (χ2n) is 9.18. The second-order valence-corrected chi connectivity index (χ2v) is 11.5. The van der Waals surface area contributed by atoms with Gasteiger partial charge in [0.05, 0.1) is 28.0 Å². The minimum absolute atomic E-state index is 0.0149. The number of fused-ring (bicyclic) bond motifs is 1. The van der Waals surface area contributed by atoms with Crippen molar-refractivity contribution in [3.05, 3.63) is 52.4 Å². The fraction of sp³-hybridized carbons (Fsp3) is 0.500. The Labute approximate surface area is 185 Å². The van der Waals surface area contributed by atoms with Crippen molar-refractivity contribution in [3.8, 4) is 0 Å². The maximum Gasteiger partial charge on any atom is 0.171 e. The topological polar surface area (TPSA) is 75.2 Å². The van der Waals surface area contributed by atoms with E-state index in [-0.39, 0.29) is 27.1 Å². The molecule has 0 saturated carbocycles. The van der Waals surface area contributed by atoms with Crippen LogP contribution in [0.1, 0.15) is 61.3 Å². The summed E-state index contributed by atoms with van der Waals surface area (Å²) in [5.74, 6) is 0.693. The molecule has 6 nitrogen and oxygen atoms in total. The van der Waals surface area contributed by atoms with E-state index in [9.17, 15) is 9.00 Å². The maximum absolute atomic E-state index is 13.0. The summed E-state index contributed by atoms with van der Waals surface area (Å²) < 4.78 is 16.1. The number of aromatic nitrogens is 2. The highest BCUT2D eigenvalue weighted by atomic mass is 35.5. The monoisotopic (exact) mass is 446 g/mol. The van der Waals surface area contributed by atoms with E-state index in [4.69, 9.17) is 11.6 Å². The molecular weight excluding hydrogens is 420 g/mol. The lowest BCUT2D eigenvalue weighted by Crippen LogP contribution is -2.48. The molecule has 2 aliphatic rings. The van der Waals surface area contributed by atoms with Crippen LogP contribution in [0.15, 0.2) is 30.5 Å². The minimum Gasteiger partial charge on any atom is -0.355 e. The molecule has 1 aliphatic carbocycles. The molecule has 0 bridgehead atoms. The van der Waals surface area contributed by atoms with Crippen LogP contribution in [-0.2, 0) is 17.4 Å². The lowest BCUT2D eigenvalue weighted by molar-refractivity contribution is 0.111. The zero-order valence-electron chi connectivity index (χ0n) is 17.5. The number of nitrogens with one attached hydrogen (secondary N) is 1.